The Labute approximate surface area is 101 Å². The molecule has 0 spiro atoms. The molecule has 1 aromatic rings. The number of hydrogen-bond donors (Lipinski definition) is 1. The molecule has 4 nitrogen and oxygen atoms in total. The van der Waals surface area contributed by atoms with Crippen molar-refractivity contribution in [2.75, 3.05) is 18.0 Å². The van der Waals surface area contributed by atoms with Crippen LogP contribution in [0.3, 0.4) is 0 Å². The van der Waals surface area contributed by atoms with E-state index in [1.54, 1.807) is 4.90 Å². The summed E-state index contributed by atoms with van der Waals surface area (Å²) in [6.45, 7) is 3.24. The molecule has 0 bridgehead atoms. The summed E-state index contributed by atoms with van der Waals surface area (Å²) in [6, 6.07) is -0.0167. The van der Waals surface area contributed by atoms with Gasteiger partial charge in [0.25, 0.3) is 0 Å². The number of nitrogens with two attached hydrogens (primary N) is 1. The maximum absolute atomic E-state index is 12.4. The van der Waals surface area contributed by atoms with Crippen molar-refractivity contribution in [3.63, 3.8) is 0 Å². The van der Waals surface area contributed by atoms with Gasteiger partial charge in [-0.25, -0.2) is 0 Å². The molecule has 2 N–H and O–H groups in total. The van der Waals surface area contributed by atoms with E-state index >= 15 is 0 Å². The Hall–Kier alpha value is -0.890. The van der Waals surface area contributed by atoms with Crippen LogP contribution in [0, 0.1) is 5.92 Å². The van der Waals surface area contributed by atoms with E-state index in [4.69, 9.17) is 5.73 Å². The van der Waals surface area contributed by atoms with Crippen molar-refractivity contribution in [1.82, 2.24) is 9.36 Å². The summed E-state index contributed by atoms with van der Waals surface area (Å²) in [5.74, 6) is -0.707. The quantitative estimate of drug-likeness (QED) is 0.841. The highest BCUT2D eigenvalue weighted by atomic mass is 32.1. The third kappa shape index (κ3) is 2.86. The molecule has 0 aromatic carbocycles. The molecule has 96 valence electrons. The van der Waals surface area contributed by atoms with E-state index in [0.29, 0.717) is 24.1 Å². The van der Waals surface area contributed by atoms with Crippen molar-refractivity contribution >= 4 is 16.7 Å². The molecule has 2 unspecified atom stereocenters. The Bertz CT molecular complexity index is 382. The summed E-state index contributed by atoms with van der Waals surface area (Å²) in [6.07, 6.45) is -3.58. The maximum atomic E-state index is 12.4. The van der Waals surface area contributed by atoms with Crippen LogP contribution in [-0.4, -0.2) is 28.5 Å². The first kappa shape index (κ1) is 12.6. The van der Waals surface area contributed by atoms with Gasteiger partial charge in [0.1, 0.15) is 0 Å². The number of piperidine rings is 1. The average Bonchev–Trinajstić information content (AvgIpc) is 2.63. The van der Waals surface area contributed by atoms with Gasteiger partial charge in [0.2, 0.25) is 11.0 Å². The van der Waals surface area contributed by atoms with E-state index < -0.39 is 12.0 Å². The number of halogens is 3. The largest absolute Gasteiger partial charge is 0.452 e. The van der Waals surface area contributed by atoms with E-state index in [2.05, 4.69) is 9.36 Å². The lowest BCUT2D eigenvalue weighted by Crippen LogP contribution is -2.46. The van der Waals surface area contributed by atoms with Gasteiger partial charge in [-0.2, -0.15) is 22.5 Å². The fourth-order valence-corrected chi connectivity index (χ4v) is 2.72. The standard InChI is InChI=1S/C9H13F3N4S/c1-5-2-6(13)4-16(3-5)8-14-7(15-17-8)9(10,11)12/h5-6H,2-4,13H2,1H3. The van der Waals surface area contributed by atoms with Crippen LogP contribution in [-0.2, 0) is 6.18 Å². The molecule has 1 aliphatic rings. The summed E-state index contributed by atoms with van der Waals surface area (Å²) in [7, 11) is 0. The summed E-state index contributed by atoms with van der Waals surface area (Å²) < 4.78 is 40.4. The molecule has 17 heavy (non-hydrogen) atoms. The van der Waals surface area contributed by atoms with Gasteiger partial charge in [-0.15, -0.1) is 0 Å². The van der Waals surface area contributed by atoms with Gasteiger partial charge in [-0.05, 0) is 12.3 Å². The molecule has 2 atom stereocenters. The molecule has 1 aliphatic heterocycles. The minimum atomic E-state index is -4.47. The summed E-state index contributed by atoms with van der Waals surface area (Å²) in [5.41, 5.74) is 5.84. The van der Waals surface area contributed by atoms with Crippen molar-refractivity contribution in [3.8, 4) is 0 Å². The van der Waals surface area contributed by atoms with Crippen LogP contribution in [0.2, 0.25) is 0 Å². The summed E-state index contributed by atoms with van der Waals surface area (Å²) in [4.78, 5) is 5.31. The third-order valence-corrected chi connectivity index (χ3v) is 3.41. The molecular formula is C9H13F3N4S. The fraction of sp³-hybridized carbons (Fsp3) is 0.778. The van der Waals surface area contributed by atoms with E-state index in [1.807, 2.05) is 6.92 Å². The number of hydrogen-bond acceptors (Lipinski definition) is 5. The normalized spacial score (nSPS) is 26.3. The second-order valence-corrected chi connectivity index (χ2v) is 5.13. The van der Waals surface area contributed by atoms with Crippen LogP contribution in [0.25, 0.3) is 0 Å². The molecule has 1 aromatic heterocycles. The predicted octanol–water partition coefficient (Wildman–Crippen LogP) is 1.73. The smallest absolute Gasteiger partial charge is 0.345 e. The molecule has 1 saturated heterocycles. The molecule has 2 heterocycles. The zero-order valence-corrected chi connectivity index (χ0v) is 10.1. The Balaban J connectivity index is 2.14. The highest BCUT2D eigenvalue weighted by Gasteiger charge is 2.37. The number of aromatic nitrogens is 2. The van der Waals surface area contributed by atoms with Crippen LogP contribution < -0.4 is 10.6 Å². The molecule has 0 saturated carbocycles. The van der Waals surface area contributed by atoms with E-state index in [0.717, 1.165) is 18.0 Å². The monoisotopic (exact) mass is 266 g/mol. The third-order valence-electron chi connectivity index (χ3n) is 2.63. The average molecular weight is 266 g/mol. The van der Waals surface area contributed by atoms with Crippen molar-refractivity contribution in [2.24, 2.45) is 11.7 Å². The summed E-state index contributed by atoms with van der Waals surface area (Å²) in [5, 5.41) is 0.305. The lowest BCUT2D eigenvalue weighted by molar-refractivity contribution is -0.144. The van der Waals surface area contributed by atoms with Crippen LogP contribution in [0.4, 0.5) is 18.3 Å². The van der Waals surface area contributed by atoms with Crippen LogP contribution in [0.1, 0.15) is 19.2 Å². The zero-order chi connectivity index (χ0) is 12.6. The molecule has 1 fully saturated rings. The lowest BCUT2D eigenvalue weighted by atomic mass is 9.97. The van der Waals surface area contributed by atoms with Crippen LogP contribution in [0.15, 0.2) is 0 Å². The zero-order valence-electron chi connectivity index (χ0n) is 9.24. The van der Waals surface area contributed by atoms with Gasteiger partial charge in [-0.3, -0.25) is 0 Å². The minimum Gasteiger partial charge on any atom is -0.345 e. The van der Waals surface area contributed by atoms with Crippen LogP contribution in [0.5, 0.6) is 0 Å². The molecular weight excluding hydrogens is 253 g/mol. The van der Waals surface area contributed by atoms with Crippen molar-refractivity contribution in [2.45, 2.75) is 25.6 Å². The molecule has 8 heteroatoms. The Kier molecular flexibility index (Phi) is 3.26. The van der Waals surface area contributed by atoms with Gasteiger partial charge in [0.05, 0.1) is 0 Å². The maximum Gasteiger partial charge on any atom is 0.452 e. The molecule has 0 amide bonds. The highest BCUT2D eigenvalue weighted by molar-refractivity contribution is 7.09. The topological polar surface area (TPSA) is 55.0 Å². The van der Waals surface area contributed by atoms with Crippen molar-refractivity contribution in [3.05, 3.63) is 5.82 Å². The fourth-order valence-electron chi connectivity index (χ4n) is 2.01. The minimum absolute atomic E-state index is 0.0167. The first-order valence-electron chi connectivity index (χ1n) is 5.27. The molecule has 0 aliphatic carbocycles. The number of rotatable bonds is 1. The number of anilines is 1. The lowest BCUT2D eigenvalue weighted by Gasteiger charge is -2.34. The first-order chi connectivity index (χ1) is 7.86. The van der Waals surface area contributed by atoms with Crippen molar-refractivity contribution < 1.29 is 13.2 Å². The number of alkyl halides is 3. The Morgan fingerprint density at radius 1 is 1.41 bits per heavy atom. The first-order valence-corrected chi connectivity index (χ1v) is 6.05. The Morgan fingerprint density at radius 2 is 2.12 bits per heavy atom. The molecule has 0 radical (unpaired) electrons. The summed E-state index contributed by atoms with van der Waals surface area (Å²) >= 11 is 0.776. The second kappa shape index (κ2) is 4.41. The SMILES string of the molecule is CC1CC(N)CN(c2nc(C(F)(F)F)ns2)C1. The van der Waals surface area contributed by atoms with Crippen molar-refractivity contribution in [1.29, 1.82) is 0 Å². The van der Waals surface area contributed by atoms with E-state index in [1.165, 1.54) is 0 Å². The Morgan fingerprint density at radius 3 is 2.65 bits per heavy atom. The van der Waals surface area contributed by atoms with Gasteiger partial charge in [0, 0.05) is 30.7 Å². The highest BCUT2D eigenvalue weighted by Crippen LogP contribution is 2.31. The number of nitrogens with zero attached hydrogens (tertiary/aromatic N) is 3. The predicted molar refractivity (Wildman–Crippen MR) is 58.9 cm³/mol. The molecule has 2 rings (SSSR count). The van der Waals surface area contributed by atoms with Gasteiger partial charge < -0.3 is 10.6 Å². The van der Waals surface area contributed by atoms with Crippen LogP contribution >= 0.6 is 11.5 Å². The second-order valence-electron chi connectivity index (χ2n) is 4.40. The van der Waals surface area contributed by atoms with Gasteiger partial charge >= 0.3 is 6.18 Å². The van der Waals surface area contributed by atoms with E-state index in [-0.39, 0.29) is 6.04 Å². The van der Waals surface area contributed by atoms with Gasteiger partial charge in [-0.1, -0.05) is 6.92 Å². The van der Waals surface area contributed by atoms with Gasteiger partial charge in [0.15, 0.2) is 0 Å². The van der Waals surface area contributed by atoms with E-state index in [9.17, 15) is 13.2 Å².